The molecule has 2 saturated heterocycles. The Hall–Kier alpha value is -3.60. The molecule has 1 aromatic heterocycles. The van der Waals surface area contributed by atoms with E-state index < -0.39 is 17.3 Å². The second kappa shape index (κ2) is 11.6. The number of fused-ring (bicyclic) bond motifs is 1. The van der Waals surface area contributed by atoms with E-state index >= 15 is 0 Å². The van der Waals surface area contributed by atoms with Gasteiger partial charge in [-0.1, -0.05) is 18.2 Å². The summed E-state index contributed by atoms with van der Waals surface area (Å²) in [5, 5.41) is 0. The molecule has 11 heteroatoms. The molecule has 2 aliphatic heterocycles. The van der Waals surface area contributed by atoms with E-state index in [9.17, 15) is 22.8 Å². The quantitative estimate of drug-likeness (QED) is 0.395. The zero-order chi connectivity index (χ0) is 30.2. The minimum Gasteiger partial charge on any atom is -0.444 e. The van der Waals surface area contributed by atoms with Crippen molar-refractivity contribution in [1.82, 2.24) is 24.3 Å². The van der Waals surface area contributed by atoms with Crippen molar-refractivity contribution in [2.24, 2.45) is 7.05 Å². The smallest absolute Gasteiger partial charge is 0.416 e. The zero-order valence-electron chi connectivity index (χ0n) is 24.6. The largest absolute Gasteiger partial charge is 0.444 e. The number of alkyl halides is 3. The number of carbonyl (C=O) groups excluding carboxylic acids is 2. The Labute approximate surface area is 244 Å². The lowest BCUT2D eigenvalue weighted by atomic mass is 9.89. The standard InChI is InChI=1S/C31H38F3N5O3/c1-30(2,3)42-29(41)39-13-11-22(12-14-39)23-7-10-25-26(19-23)36(4)27(35-25)28(40)38-17-15-37(16-18-38)20-21-5-8-24(9-6-21)31(32,33)34/h5-10,19,22H,11-18,20H2,1-4H3. The number of carbonyl (C=O) groups is 2. The van der Waals surface area contributed by atoms with Crippen LogP contribution in [0.1, 0.15) is 66.8 Å². The van der Waals surface area contributed by atoms with Crippen molar-refractivity contribution in [3.63, 3.8) is 0 Å². The van der Waals surface area contributed by atoms with Crippen LogP contribution >= 0.6 is 0 Å². The topological polar surface area (TPSA) is 70.9 Å². The molecule has 8 nitrogen and oxygen atoms in total. The number of likely N-dealkylation sites (tertiary alicyclic amines) is 1. The molecule has 3 aromatic rings. The number of piperidine rings is 1. The summed E-state index contributed by atoms with van der Waals surface area (Å²) in [4.78, 5) is 36.2. The first-order valence-electron chi connectivity index (χ1n) is 14.4. The molecule has 0 unspecified atom stereocenters. The number of rotatable bonds is 4. The number of aryl methyl sites for hydroxylation is 1. The molecule has 0 radical (unpaired) electrons. The number of aromatic nitrogens is 2. The van der Waals surface area contributed by atoms with Gasteiger partial charge in [0.2, 0.25) is 0 Å². The Morgan fingerprint density at radius 2 is 1.55 bits per heavy atom. The van der Waals surface area contributed by atoms with Gasteiger partial charge in [0.25, 0.3) is 5.91 Å². The van der Waals surface area contributed by atoms with Gasteiger partial charge in [-0.2, -0.15) is 13.2 Å². The lowest BCUT2D eigenvalue weighted by Gasteiger charge is -2.34. The van der Waals surface area contributed by atoms with Crippen LogP contribution in [-0.2, 0) is 24.5 Å². The van der Waals surface area contributed by atoms with Gasteiger partial charge in [-0.15, -0.1) is 0 Å². The third-order valence-corrected chi connectivity index (χ3v) is 8.06. The molecule has 0 N–H and O–H groups in total. The molecular formula is C31H38F3N5O3. The third kappa shape index (κ3) is 6.72. The van der Waals surface area contributed by atoms with Gasteiger partial charge in [-0.05, 0) is 74.9 Å². The molecule has 226 valence electrons. The van der Waals surface area contributed by atoms with Gasteiger partial charge in [-0.3, -0.25) is 9.69 Å². The summed E-state index contributed by atoms with van der Waals surface area (Å²) < 4.78 is 45.9. The van der Waals surface area contributed by atoms with Gasteiger partial charge in [0.15, 0.2) is 5.82 Å². The fraction of sp³-hybridized carbons (Fsp3) is 0.516. The van der Waals surface area contributed by atoms with Gasteiger partial charge in [0, 0.05) is 52.9 Å². The lowest BCUT2D eigenvalue weighted by molar-refractivity contribution is -0.137. The van der Waals surface area contributed by atoms with Crippen LogP contribution in [-0.4, -0.2) is 81.1 Å². The Balaban J connectivity index is 1.18. The van der Waals surface area contributed by atoms with Crippen LogP contribution in [0.25, 0.3) is 11.0 Å². The molecule has 2 fully saturated rings. The number of halogens is 3. The van der Waals surface area contributed by atoms with Gasteiger partial charge in [-0.25, -0.2) is 9.78 Å². The van der Waals surface area contributed by atoms with Crippen molar-refractivity contribution >= 4 is 23.0 Å². The fourth-order valence-corrected chi connectivity index (χ4v) is 5.68. The summed E-state index contributed by atoms with van der Waals surface area (Å²) in [6.45, 7) is 9.70. The van der Waals surface area contributed by atoms with Crippen LogP contribution in [0.15, 0.2) is 42.5 Å². The van der Waals surface area contributed by atoms with E-state index in [1.54, 1.807) is 9.80 Å². The van der Waals surface area contributed by atoms with Crippen LogP contribution in [0.2, 0.25) is 0 Å². The van der Waals surface area contributed by atoms with E-state index in [1.165, 1.54) is 17.7 Å². The summed E-state index contributed by atoms with van der Waals surface area (Å²) in [6.07, 6.45) is -2.94. The summed E-state index contributed by atoms with van der Waals surface area (Å²) in [6, 6.07) is 11.4. The van der Waals surface area contributed by atoms with E-state index in [0.29, 0.717) is 57.6 Å². The Bertz CT molecular complexity index is 1430. The highest BCUT2D eigenvalue weighted by Crippen LogP contribution is 2.32. The predicted octanol–water partition coefficient (Wildman–Crippen LogP) is 5.66. The average molecular weight is 586 g/mol. The first-order valence-corrected chi connectivity index (χ1v) is 14.4. The predicted molar refractivity (Wildman–Crippen MR) is 153 cm³/mol. The van der Waals surface area contributed by atoms with E-state index in [1.807, 2.05) is 38.5 Å². The number of imidazole rings is 1. The van der Waals surface area contributed by atoms with Crippen molar-refractivity contribution in [3.05, 3.63) is 65.0 Å². The number of ether oxygens (including phenoxy) is 1. The second-order valence-corrected chi connectivity index (χ2v) is 12.2. The fourth-order valence-electron chi connectivity index (χ4n) is 5.68. The van der Waals surface area contributed by atoms with Crippen LogP contribution < -0.4 is 0 Å². The first-order chi connectivity index (χ1) is 19.8. The van der Waals surface area contributed by atoms with Crippen molar-refractivity contribution in [3.8, 4) is 0 Å². The Morgan fingerprint density at radius 3 is 2.14 bits per heavy atom. The third-order valence-electron chi connectivity index (χ3n) is 8.06. The lowest BCUT2D eigenvalue weighted by Crippen LogP contribution is -2.48. The van der Waals surface area contributed by atoms with Crippen molar-refractivity contribution in [2.75, 3.05) is 39.3 Å². The van der Waals surface area contributed by atoms with E-state index in [0.717, 1.165) is 41.6 Å². The molecule has 0 saturated carbocycles. The minimum atomic E-state index is -4.34. The SMILES string of the molecule is Cn1c(C(=O)N2CCN(Cc3ccc(C(F)(F)F)cc3)CC2)nc2ccc(C3CCN(C(=O)OC(C)(C)C)CC3)cc21. The maximum Gasteiger partial charge on any atom is 0.416 e. The number of hydrogen-bond acceptors (Lipinski definition) is 5. The number of benzene rings is 2. The molecule has 3 heterocycles. The highest BCUT2D eigenvalue weighted by atomic mass is 19.4. The van der Waals surface area contributed by atoms with E-state index in [4.69, 9.17) is 4.74 Å². The number of nitrogens with zero attached hydrogens (tertiary/aromatic N) is 5. The molecule has 0 bridgehead atoms. The maximum absolute atomic E-state index is 13.4. The van der Waals surface area contributed by atoms with Gasteiger partial charge in [0.05, 0.1) is 16.6 Å². The normalized spacial score (nSPS) is 17.6. The maximum atomic E-state index is 13.4. The molecule has 0 atom stereocenters. The molecule has 0 aliphatic carbocycles. The highest BCUT2D eigenvalue weighted by Gasteiger charge is 2.31. The van der Waals surface area contributed by atoms with E-state index in [2.05, 4.69) is 22.0 Å². The molecule has 2 amide bonds. The van der Waals surface area contributed by atoms with Crippen molar-refractivity contribution < 1.29 is 27.5 Å². The molecule has 0 spiro atoms. The number of amides is 2. The minimum absolute atomic E-state index is 0.130. The average Bonchev–Trinajstić information content (AvgIpc) is 3.27. The van der Waals surface area contributed by atoms with Crippen molar-refractivity contribution in [2.45, 2.75) is 57.9 Å². The van der Waals surface area contributed by atoms with Crippen LogP contribution in [0, 0.1) is 0 Å². The monoisotopic (exact) mass is 585 g/mol. The van der Waals surface area contributed by atoms with Gasteiger partial charge in [0.1, 0.15) is 5.60 Å². The highest BCUT2D eigenvalue weighted by molar-refractivity contribution is 5.95. The summed E-state index contributed by atoms with van der Waals surface area (Å²) in [5.41, 5.74) is 2.47. The molecular weight excluding hydrogens is 547 g/mol. The van der Waals surface area contributed by atoms with Crippen molar-refractivity contribution in [1.29, 1.82) is 0 Å². The number of hydrogen-bond donors (Lipinski definition) is 0. The van der Waals surface area contributed by atoms with E-state index in [-0.39, 0.29) is 12.0 Å². The summed E-state index contributed by atoms with van der Waals surface area (Å²) in [7, 11) is 1.86. The molecule has 42 heavy (non-hydrogen) atoms. The van der Waals surface area contributed by atoms with Gasteiger partial charge < -0.3 is 19.1 Å². The Morgan fingerprint density at radius 1 is 0.905 bits per heavy atom. The van der Waals surface area contributed by atoms with Crippen LogP contribution in [0.5, 0.6) is 0 Å². The zero-order valence-corrected chi connectivity index (χ0v) is 24.6. The molecule has 2 aromatic carbocycles. The summed E-state index contributed by atoms with van der Waals surface area (Å²) >= 11 is 0. The van der Waals surface area contributed by atoms with Crippen LogP contribution in [0.4, 0.5) is 18.0 Å². The first kappa shape index (κ1) is 29.9. The van der Waals surface area contributed by atoms with Gasteiger partial charge >= 0.3 is 12.3 Å². The Kier molecular flexibility index (Phi) is 8.24. The molecule has 2 aliphatic rings. The second-order valence-electron chi connectivity index (χ2n) is 12.2. The number of piperazine rings is 1. The summed E-state index contributed by atoms with van der Waals surface area (Å²) in [5.74, 6) is 0.563. The molecule has 5 rings (SSSR count). The van der Waals surface area contributed by atoms with Crippen LogP contribution in [0.3, 0.4) is 0 Å².